The lowest BCUT2D eigenvalue weighted by molar-refractivity contribution is 0.0527. The highest BCUT2D eigenvalue weighted by atomic mass is 16.5. The molecule has 7 nitrogen and oxygen atoms in total. The number of carbonyl (C=O) groups excluding carboxylic acids is 3. The largest absolute Gasteiger partial charge is 0.467 e. The highest BCUT2D eigenvalue weighted by molar-refractivity contribution is 6.09. The normalized spacial score (nSPS) is 10.2. The van der Waals surface area contributed by atoms with Gasteiger partial charge in [0.2, 0.25) is 0 Å². The maximum atomic E-state index is 12.7. The Labute approximate surface area is 167 Å². The molecule has 3 aromatic rings. The zero-order valence-corrected chi connectivity index (χ0v) is 15.8. The number of ether oxygens (including phenoxy) is 1. The van der Waals surface area contributed by atoms with Crippen LogP contribution >= 0.6 is 0 Å². The summed E-state index contributed by atoms with van der Waals surface area (Å²) in [6.45, 7) is 2.19. The molecule has 2 N–H and O–H groups in total. The first kappa shape index (κ1) is 19.9. The second kappa shape index (κ2) is 9.36. The maximum Gasteiger partial charge on any atom is 0.340 e. The smallest absolute Gasteiger partial charge is 0.340 e. The lowest BCUT2D eigenvalue weighted by atomic mass is 10.1. The predicted molar refractivity (Wildman–Crippen MR) is 107 cm³/mol. The third-order valence-corrected chi connectivity index (χ3v) is 4.06. The molecule has 3 rings (SSSR count). The standard InChI is InChI=1S/C22H20N2O5/c1-2-28-22(27)18-10-3-4-11-19(18)24-21(26)16-8-5-7-15(13-16)20(25)23-14-17-9-6-12-29-17/h3-13H,2,14H2,1H3,(H,23,25)(H,24,26). The van der Waals surface area contributed by atoms with E-state index < -0.39 is 11.9 Å². The number of hydrogen-bond acceptors (Lipinski definition) is 5. The van der Waals surface area contributed by atoms with E-state index in [1.807, 2.05) is 0 Å². The van der Waals surface area contributed by atoms with E-state index in [-0.39, 0.29) is 30.2 Å². The van der Waals surface area contributed by atoms with Crippen LogP contribution in [0.5, 0.6) is 0 Å². The van der Waals surface area contributed by atoms with E-state index in [1.54, 1.807) is 61.5 Å². The van der Waals surface area contributed by atoms with Crippen molar-refractivity contribution in [3.63, 3.8) is 0 Å². The van der Waals surface area contributed by atoms with E-state index in [2.05, 4.69) is 10.6 Å². The number of amides is 2. The molecule has 0 spiro atoms. The number of esters is 1. The van der Waals surface area contributed by atoms with Crippen LogP contribution < -0.4 is 10.6 Å². The van der Waals surface area contributed by atoms with Crippen molar-refractivity contribution in [2.45, 2.75) is 13.5 Å². The molecule has 2 aromatic carbocycles. The van der Waals surface area contributed by atoms with E-state index in [1.165, 1.54) is 12.3 Å². The van der Waals surface area contributed by atoms with Gasteiger partial charge in [0.1, 0.15) is 5.76 Å². The highest BCUT2D eigenvalue weighted by Crippen LogP contribution is 2.18. The molecule has 0 aliphatic heterocycles. The van der Waals surface area contributed by atoms with Gasteiger partial charge >= 0.3 is 5.97 Å². The summed E-state index contributed by atoms with van der Waals surface area (Å²) in [4.78, 5) is 37.1. The van der Waals surface area contributed by atoms with Crippen LogP contribution in [0.4, 0.5) is 5.69 Å². The van der Waals surface area contributed by atoms with Crippen LogP contribution in [0, 0.1) is 0 Å². The van der Waals surface area contributed by atoms with Crippen molar-refractivity contribution in [1.82, 2.24) is 5.32 Å². The number of para-hydroxylation sites is 1. The van der Waals surface area contributed by atoms with E-state index in [4.69, 9.17) is 9.15 Å². The van der Waals surface area contributed by atoms with Gasteiger partial charge in [-0.2, -0.15) is 0 Å². The Hall–Kier alpha value is -3.87. The first-order valence-electron chi connectivity index (χ1n) is 9.06. The van der Waals surface area contributed by atoms with Gasteiger partial charge in [0, 0.05) is 11.1 Å². The quantitative estimate of drug-likeness (QED) is 0.598. The monoisotopic (exact) mass is 392 g/mol. The highest BCUT2D eigenvalue weighted by Gasteiger charge is 2.16. The lowest BCUT2D eigenvalue weighted by Gasteiger charge is -2.11. The average molecular weight is 392 g/mol. The summed E-state index contributed by atoms with van der Waals surface area (Å²) < 4.78 is 10.2. The summed E-state index contributed by atoms with van der Waals surface area (Å²) in [5.41, 5.74) is 1.22. The minimum absolute atomic E-state index is 0.232. The summed E-state index contributed by atoms with van der Waals surface area (Å²) in [6, 6.07) is 16.4. The van der Waals surface area contributed by atoms with Gasteiger partial charge in [-0.3, -0.25) is 9.59 Å². The molecular weight excluding hydrogens is 372 g/mol. The molecule has 2 amide bonds. The minimum atomic E-state index is -0.519. The summed E-state index contributed by atoms with van der Waals surface area (Å²) in [5, 5.41) is 5.43. The Morgan fingerprint density at radius 1 is 0.931 bits per heavy atom. The van der Waals surface area contributed by atoms with Gasteiger partial charge in [0.25, 0.3) is 11.8 Å². The van der Waals surface area contributed by atoms with Crippen LogP contribution in [0.15, 0.2) is 71.3 Å². The summed E-state index contributed by atoms with van der Waals surface area (Å²) in [7, 11) is 0. The van der Waals surface area contributed by atoms with Crippen molar-refractivity contribution in [2.24, 2.45) is 0 Å². The number of rotatable bonds is 7. The van der Waals surface area contributed by atoms with Gasteiger partial charge in [0.05, 0.1) is 30.7 Å². The van der Waals surface area contributed by atoms with E-state index in [0.29, 0.717) is 17.0 Å². The van der Waals surface area contributed by atoms with Crippen molar-refractivity contribution in [2.75, 3.05) is 11.9 Å². The predicted octanol–water partition coefficient (Wildman–Crippen LogP) is 3.64. The van der Waals surface area contributed by atoms with Crippen LogP contribution in [0.1, 0.15) is 43.8 Å². The van der Waals surface area contributed by atoms with Gasteiger partial charge in [-0.25, -0.2) is 4.79 Å². The molecule has 1 heterocycles. The van der Waals surface area contributed by atoms with Crippen molar-refractivity contribution < 1.29 is 23.5 Å². The fourth-order valence-electron chi connectivity index (χ4n) is 2.66. The number of anilines is 1. The molecule has 0 fully saturated rings. The molecule has 0 aliphatic rings. The fraction of sp³-hybridized carbons (Fsp3) is 0.136. The Morgan fingerprint density at radius 2 is 1.69 bits per heavy atom. The van der Waals surface area contributed by atoms with Gasteiger partial charge in [-0.1, -0.05) is 18.2 Å². The number of hydrogen-bond donors (Lipinski definition) is 2. The third kappa shape index (κ3) is 5.10. The maximum absolute atomic E-state index is 12.7. The SMILES string of the molecule is CCOC(=O)c1ccccc1NC(=O)c1cccc(C(=O)NCc2ccco2)c1. The molecule has 0 aliphatic carbocycles. The second-order valence-corrected chi connectivity index (χ2v) is 6.06. The Morgan fingerprint density at radius 3 is 2.41 bits per heavy atom. The Balaban J connectivity index is 1.71. The molecule has 7 heteroatoms. The van der Waals surface area contributed by atoms with E-state index in [9.17, 15) is 14.4 Å². The van der Waals surface area contributed by atoms with Gasteiger partial charge in [-0.05, 0) is 49.4 Å². The Kier molecular flexibility index (Phi) is 6.42. The molecule has 0 unspecified atom stereocenters. The zero-order chi connectivity index (χ0) is 20.6. The van der Waals surface area contributed by atoms with Gasteiger partial charge in [0.15, 0.2) is 0 Å². The van der Waals surface area contributed by atoms with Gasteiger partial charge < -0.3 is 19.8 Å². The number of nitrogens with one attached hydrogen (secondary N) is 2. The van der Waals surface area contributed by atoms with Crippen molar-refractivity contribution in [3.05, 3.63) is 89.4 Å². The third-order valence-electron chi connectivity index (χ3n) is 4.06. The zero-order valence-electron chi connectivity index (χ0n) is 15.8. The van der Waals surface area contributed by atoms with Crippen LogP contribution in [-0.2, 0) is 11.3 Å². The molecule has 0 saturated carbocycles. The molecule has 148 valence electrons. The van der Waals surface area contributed by atoms with E-state index in [0.717, 1.165) is 0 Å². The van der Waals surface area contributed by atoms with Crippen LogP contribution in [0.2, 0.25) is 0 Å². The average Bonchev–Trinajstić information content (AvgIpc) is 3.26. The van der Waals surface area contributed by atoms with Crippen LogP contribution in [0.3, 0.4) is 0 Å². The molecule has 1 aromatic heterocycles. The molecule has 29 heavy (non-hydrogen) atoms. The first-order valence-corrected chi connectivity index (χ1v) is 9.06. The molecule has 0 bridgehead atoms. The molecular formula is C22H20N2O5. The second-order valence-electron chi connectivity index (χ2n) is 6.06. The first-order chi connectivity index (χ1) is 14.1. The van der Waals surface area contributed by atoms with Crippen molar-refractivity contribution in [3.8, 4) is 0 Å². The van der Waals surface area contributed by atoms with Crippen molar-refractivity contribution in [1.29, 1.82) is 0 Å². The lowest BCUT2D eigenvalue weighted by Crippen LogP contribution is -2.23. The summed E-state index contributed by atoms with van der Waals surface area (Å²) in [6.07, 6.45) is 1.53. The summed E-state index contributed by atoms with van der Waals surface area (Å²) in [5.74, 6) is -0.664. The molecule has 0 saturated heterocycles. The molecule has 0 atom stereocenters. The number of benzene rings is 2. The number of carbonyl (C=O) groups is 3. The van der Waals surface area contributed by atoms with Crippen LogP contribution in [0.25, 0.3) is 0 Å². The molecule has 0 radical (unpaired) electrons. The topological polar surface area (TPSA) is 97.6 Å². The van der Waals surface area contributed by atoms with E-state index >= 15 is 0 Å². The summed E-state index contributed by atoms with van der Waals surface area (Å²) >= 11 is 0. The van der Waals surface area contributed by atoms with Crippen LogP contribution in [-0.4, -0.2) is 24.4 Å². The fourth-order valence-corrected chi connectivity index (χ4v) is 2.66. The Bertz CT molecular complexity index is 1010. The van der Waals surface area contributed by atoms with Gasteiger partial charge in [-0.15, -0.1) is 0 Å². The number of furan rings is 1. The minimum Gasteiger partial charge on any atom is -0.467 e. The van der Waals surface area contributed by atoms with Crippen molar-refractivity contribution >= 4 is 23.5 Å².